The average Bonchev–Trinajstić information content (AvgIpc) is 2.65. The van der Waals surface area contributed by atoms with Crippen molar-refractivity contribution in [2.45, 2.75) is 90.8 Å². The molecule has 0 fully saturated rings. The van der Waals surface area contributed by atoms with Gasteiger partial charge in [0.15, 0.2) is 6.29 Å². The Labute approximate surface area is 160 Å². The molecular weight excluding hydrogens is 336 g/mol. The van der Waals surface area contributed by atoms with E-state index in [0.29, 0.717) is 26.4 Å². The molecule has 0 saturated carbocycles. The van der Waals surface area contributed by atoms with Crippen LogP contribution in [0.25, 0.3) is 0 Å². The van der Waals surface area contributed by atoms with E-state index in [0.717, 1.165) is 38.5 Å². The molecular formula is C20H42O6. The van der Waals surface area contributed by atoms with E-state index in [2.05, 4.69) is 20.8 Å². The van der Waals surface area contributed by atoms with Gasteiger partial charge in [0, 0.05) is 26.9 Å². The van der Waals surface area contributed by atoms with Gasteiger partial charge in [0.25, 0.3) is 0 Å². The Balaban J connectivity index is 4.67. The highest BCUT2D eigenvalue weighted by molar-refractivity contribution is 4.70. The van der Waals surface area contributed by atoms with Gasteiger partial charge in [0.05, 0.1) is 19.3 Å². The maximum Gasteiger partial charge on any atom is 0.186 e. The van der Waals surface area contributed by atoms with Crippen LogP contribution in [-0.2, 0) is 23.7 Å². The van der Waals surface area contributed by atoms with Crippen LogP contribution in [0.4, 0.5) is 0 Å². The lowest BCUT2D eigenvalue weighted by Gasteiger charge is -2.31. The summed E-state index contributed by atoms with van der Waals surface area (Å²) in [5.74, 6) is 0. The minimum Gasteiger partial charge on any atom is -0.394 e. The highest BCUT2D eigenvalue weighted by Gasteiger charge is 2.29. The van der Waals surface area contributed by atoms with Gasteiger partial charge in [-0.15, -0.1) is 0 Å². The van der Waals surface area contributed by atoms with Crippen molar-refractivity contribution in [2.75, 3.05) is 40.1 Å². The molecule has 0 heterocycles. The minimum atomic E-state index is -0.608. The van der Waals surface area contributed by atoms with Crippen LogP contribution in [-0.4, -0.2) is 69.9 Å². The highest BCUT2D eigenvalue weighted by atomic mass is 16.7. The monoisotopic (exact) mass is 378 g/mol. The smallest absolute Gasteiger partial charge is 0.186 e. The summed E-state index contributed by atoms with van der Waals surface area (Å²) in [6.45, 7) is 10.5. The fourth-order valence-electron chi connectivity index (χ4n) is 2.32. The third-order valence-corrected chi connectivity index (χ3v) is 4.18. The first kappa shape index (κ1) is 25.8. The molecule has 0 aromatic carbocycles. The van der Waals surface area contributed by atoms with E-state index in [1.165, 1.54) is 0 Å². The topological polar surface area (TPSA) is 66.4 Å². The van der Waals surface area contributed by atoms with Crippen LogP contribution >= 0.6 is 0 Å². The molecule has 4 atom stereocenters. The molecule has 0 aromatic heterocycles. The molecule has 0 bridgehead atoms. The molecule has 0 radical (unpaired) electrons. The van der Waals surface area contributed by atoms with E-state index in [1.807, 2.05) is 6.92 Å². The zero-order chi connectivity index (χ0) is 19.6. The Morgan fingerprint density at radius 3 is 1.92 bits per heavy atom. The summed E-state index contributed by atoms with van der Waals surface area (Å²) in [5, 5.41) is 9.71. The number of ether oxygens (including phenoxy) is 5. The van der Waals surface area contributed by atoms with Crippen LogP contribution in [0, 0.1) is 0 Å². The van der Waals surface area contributed by atoms with E-state index in [1.54, 1.807) is 7.11 Å². The zero-order valence-corrected chi connectivity index (χ0v) is 17.6. The molecule has 0 aliphatic carbocycles. The predicted octanol–water partition coefficient (Wildman–Crippen LogP) is 3.54. The van der Waals surface area contributed by atoms with Crippen molar-refractivity contribution in [1.29, 1.82) is 0 Å². The lowest BCUT2D eigenvalue weighted by atomic mass is 10.2. The van der Waals surface area contributed by atoms with E-state index in [9.17, 15) is 5.11 Å². The van der Waals surface area contributed by atoms with Crippen LogP contribution in [0.3, 0.4) is 0 Å². The Kier molecular flexibility index (Phi) is 18.0. The first-order valence-electron chi connectivity index (χ1n) is 10.2. The van der Waals surface area contributed by atoms with Crippen LogP contribution in [0.2, 0.25) is 0 Å². The standard InChI is InChI=1S/C20H42O6/c1-6-9-12-23-16-19(25-14-11-8-3)20(22-5)26-18(15-21)17(4)24-13-10-7-2/h17-21H,6-16H2,1-5H3/t17-,18?,19-,20-/m0/s1. The van der Waals surface area contributed by atoms with E-state index < -0.39 is 12.4 Å². The first-order chi connectivity index (χ1) is 12.6. The van der Waals surface area contributed by atoms with Gasteiger partial charge in [-0.2, -0.15) is 0 Å². The van der Waals surface area contributed by atoms with E-state index in [-0.39, 0.29) is 18.8 Å². The van der Waals surface area contributed by atoms with Gasteiger partial charge < -0.3 is 28.8 Å². The minimum absolute atomic E-state index is 0.133. The van der Waals surface area contributed by atoms with Crippen molar-refractivity contribution < 1.29 is 28.8 Å². The van der Waals surface area contributed by atoms with Crippen molar-refractivity contribution in [2.24, 2.45) is 0 Å². The normalized spacial score (nSPS) is 16.4. The van der Waals surface area contributed by atoms with Crippen molar-refractivity contribution in [3.8, 4) is 0 Å². The fourth-order valence-corrected chi connectivity index (χ4v) is 2.32. The summed E-state index contributed by atoms with van der Waals surface area (Å²) in [5.41, 5.74) is 0. The molecule has 0 spiro atoms. The second kappa shape index (κ2) is 18.1. The Morgan fingerprint density at radius 1 is 0.808 bits per heavy atom. The van der Waals surface area contributed by atoms with Gasteiger partial charge >= 0.3 is 0 Å². The molecule has 0 rings (SSSR count). The summed E-state index contributed by atoms with van der Waals surface area (Å²) in [6, 6.07) is 0. The van der Waals surface area contributed by atoms with E-state index >= 15 is 0 Å². The lowest BCUT2D eigenvalue weighted by Crippen LogP contribution is -2.44. The molecule has 158 valence electrons. The number of hydrogen-bond donors (Lipinski definition) is 1. The van der Waals surface area contributed by atoms with Crippen molar-refractivity contribution >= 4 is 0 Å². The molecule has 6 nitrogen and oxygen atoms in total. The third kappa shape index (κ3) is 12.2. The van der Waals surface area contributed by atoms with Gasteiger partial charge in [-0.05, 0) is 26.2 Å². The third-order valence-electron chi connectivity index (χ3n) is 4.18. The van der Waals surface area contributed by atoms with Crippen LogP contribution in [0.15, 0.2) is 0 Å². The second-order valence-electron chi connectivity index (χ2n) is 6.58. The van der Waals surface area contributed by atoms with Crippen LogP contribution in [0.5, 0.6) is 0 Å². The SMILES string of the molecule is CCCCOC[C@H](OCCCC)[C@@H](OC)OC(CO)[C@H](C)OCCCC. The van der Waals surface area contributed by atoms with Gasteiger partial charge in [-0.1, -0.05) is 40.0 Å². The number of methoxy groups -OCH3 is 1. The number of rotatable bonds is 19. The first-order valence-corrected chi connectivity index (χ1v) is 10.2. The molecule has 0 saturated heterocycles. The molecule has 0 amide bonds. The second-order valence-corrected chi connectivity index (χ2v) is 6.58. The fraction of sp³-hybridized carbons (Fsp3) is 1.00. The number of aliphatic hydroxyl groups is 1. The van der Waals surface area contributed by atoms with Crippen LogP contribution in [0.1, 0.15) is 66.2 Å². The molecule has 1 unspecified atom stereocenters. The number of aliphatic hydroxyl groups excluding tert-OH is 1. The quantitative estimate of drug-likeness (QED) is 0.274. The number of unbranched alkanes of at least 4 members (excludes halogenated alkanes) is 3. The Morgan fingerprint density at radius 2 is 1.38 bits per heavy atom. The molecule has 0 aliphatic rings. The summed E-state index contributed by atoms with van der Waals surface area (Å²) < 4.78 is 28.9. The summed E-state index contributed by atoms with van der Waals surface area (Å²) >= 11 is 0. The zero-order valence-electron chi connectivity index (χ0n) is 17.6. The van der Waals surface area contributed by atoms with Gasteiger partial charge in [-0.25, -0.2) is 0 Å². The van der Waals surface area contributed by atoms with Gasteiger partial charge in [0.1, 0.15) is 12.2 Å². The molecule has 0 aromatic rings. The number of hydrogen-bond acceptors (Lipinski definition) is 6. The molecule has 6 heteroatoms. The van der Waals surface area contributed by atoms with Gasteiger partial charge in [0.2, 0.25) is 0 Å². The predicted molar refractivity (Wildman–Crippen MR) is 103 cm³/mol. The summed E-state index contributed by atoms with van der Waals surface area (Å²) in [4.78, 5) is 0. The molecule has 26 heavy (non-hydrogen) atoms. The maximum absolute atomic E-state index is 9.71. The molecule has 0 aliphatic heterocycles. The van der Waals surface area contributed by atoms with Crippen LogP contribution < -0.4 is 0 Å². The van der Waals surface area contributed by atoms with Gasteiger partial charge in [-0.3, -0.25) is 0 Å². The lowest BCUT2D eigenvalue weighted by molar-refractivity contribution is -0.246. The highest BCUT2D eigenvalue weighted by Crippen LogP contribution is 2.14. The largest absolute Gasteiger partial charge is 0.394 e. The Bertz CT molecular complexity index is 289. The Hall–Kier alpha value is -0.240. The molecule has 1 N–H and O–H groups in total. The van der Waals surface area contributed by atoms with E-state index in [4.69, 9.17) is 23.7 Å². The maximum atomic E-state index is 9.71. The van der Waals surface area contributed by atoms with Crippen molar-refractivity contribution in [1.82, 2.24) is 0 Å². The summed E-state index contributed by atoms with van der Waals surface area (Å²) in [7, 11) is 1.59. The van der Waals surface area contributed by atoms with Crippen molar-refractivity contribution in [3.63, 3.8) is 0 Å². The van der Waals surface area contributed by atoms with Crippen molar-refractivity contribution in [3.05, 3.63) is 0 Å². The average molecular weight is 379 g/mol. The summed E-state index contributed by atoms with van der Waals surface area (Å²) in [6.07, 6.45) is 4.57.